The number of hydrogen-bond donors (Lipinski definition) is 1. The lowest BCUT2D eigenvalue weighted by Gasteiger charge is -2.36. The molecule has 0 spiro atoms. The second-order valence-electron chi connectivity index (χ2n) is 6.98. The van der Waals surface area contributed by atoms with Crippen molar-refractivity contribution in [2.24, 2.45) is 7.05 Å². The molecule has 1 aromatic carbocycles. The Morgan fingerprint density at radius 3 is 2.68 bits per heavy atom. The average molecular weight is 377 g/mol. The summed E-state index contributed by atoms with van der Waals surface area (Å²) in [6.07, 6.45) is 6.31. The maximum absolute atomic E-state index is 13.3. The Bertz CT molecular complexity index is 934. The zero-order chi connectivity index (χ0) is 19.4. The first kappa shape index (κ1) is 18.3. The summed E-state index contributed by atoms with van der Waals surface area (Å²) < 4.78 is 7.29. The molecule has 7 heteroatoms. The largest absolute Gasteiger partial charge is 0.381 e. The number of aromatic nitrogens is 4. The van der Waals surface area contributed by atoms with Gasteiger partial charge in [0.25, 0.3) is 0 Å². The predicted octanol–water partition coefficient (Wildman–Crippen LogP) is 2.24. The third kappa shape index (κ3) is 3.53. The molecule has 1 N–H and O–H groups in total. The second-order valence-corrected chi connectivity index (χ2v) is 6.98. The molecule has 3 heterocycles. The van der Waals surface area contributed by atoms with E-state index >= 15 is 0 Å². The van der Waals surface area contributed by atoms with Crippen LogP contribution in [0.3, 0.4) is 0 Å². The molecule has 7 nitrogen and oxygen atoms in total. The van der Waals surface area contributed by atoms with E-state index in [1.54, 1.807) is 23.3 Å². The first-order valence-corrected chi connectivity index (χ1v) is 9.40. The Labute approximate surface area is 163 Å². The molecule has 2 aromatic heterocycles. The van der Waals surface area contributed by atoms with Crippen LogP contribution in [0.1, 0.15) is 24.1 Å². The lowest BCUT2D eigenvalue weighted by molar-refractivity contribution is -0.130. The fraction of sp³-hybridized carbons (Fsp3) is 0.333. The molecule has 28 heavy (non-hydrogen) atoms. The third-order valence-corrected chi connectivity index (χ3v) is 5.34. The molecule has 1 saturated heterocycles. The lowest BCUT2D eigenvalue weighted by Crippen LogP contribution is -2.47. The van der Waals surface area contributed by atoms with Crippen molar-refractivity contribution in [3.63, 3.8) is 0 Å². The highest BCUT2D eigenvalue weighted by atomic mass is 16.5. The summed E-state index contributed by atoms with van der Waals surface area (Å²) in [5.41, 5.74) is 2.85. The minimum absolute atomic E-state index is 0.0317. The van der Waals surface area contributed by atoms with Crippen molar-refractivity contribution < 1.29 is 9.53 Å². The molecule has 0 saturated carbocycles. The van der Waals surface area contributed by atoms with Crippen molar-refractivity contribution in [3.05, 3.63) is 66.2 Å². The van der Waals surface area contributed by atoms with Gasteiger partial charge in [-0.15, -0.1) is 0 Å². The summed E-state index contributed by atoms with van der Waals surface area (Å²) >= 11 is 0. The molecule has 144 valence electrons. The maximum Gasteiger partial charge on any atom is 0.231 e. The van der Waals surface area contributed by atoms with Crippen molar-refractivity contribution in [2.45, 2.75) is 24.8 Å². The Balaban J connectivity index is 1.52. The summed E-state index contributed by atoms with van der Waals surface area (Å²) in [7, 11) is 1.86. The first-order valence-electron chi connectivity index (χ1n) is 9.40. The van der Waals surface area contributed by atoms with E-state index in [0.29, 0.717) is 38.3 Å². The quantitative estimate of drug-likeness (QED) is 0.737. The van der Waals surface area contributed by atoms with Crippen LogP contribution >= 0.6 is 0 Å². The summed E-state index contributed by atoms with van der Waals surface area (Å²) in [6, 6.07) is 11.9. The number of amides is 1. The highest BCUT2D eigenvalue weighted by Gasteiger charge is 2.41. The minimum Gasteiger partial charge on any atom is -0.381 e. The highest BCUT2D eigenvalue weighted by Crippen LogP contribution is 2.35. The highest BCUT2D eigenvalue weighted by molar-refractivity contribution is 5.88. The molecule has 0 aliphatic carbocycles. The number of nitrogens with one attached hydrogen (secondary N) is 1. The van der Waals surface area contributed by atoms with Crippen LogP contribution in [0.5, 0.6) is 0 Å². The van der Waals surface area contributed by atoms with Crippen LogP contribution < -0.4 is 5.32 Å². The Morgan fingerprint density at radius 1 is 1.18 bits per heavy atom. The maximum atomic E-state index is 13.3. The molecule has 1 aliphatic heterocycles. The van der Waals surface area contributed by atoms with Gasteiger partial charge < -0.3 is 10.1 Å². The van der Waals surface area contributed by atoms with Crippen LogP contribution in [-0.2, 0) is 28.5 Å². The van der Waals surface area contributed by atoms with Crippen LogP contribution in [0, 0.1) is 0 Å². The third-order valence-electron chi connectivity index (χ3n) is 5.34. The Hall–Kier alpha value is -3.06. The van der Waals surface area contributed by atoms with Crippen molar-refractivity contribution in [2.75, 3.05) is 13.2 Å². The summed E-state index contributed by atoms with van der Waals surface area (Å²) in [4.78, 5) is 21.6. The van der Waals surface area contributed by atoms with Crippen molar-refractivity contribution in [3.8, 4) is 11.4 Å². The number of aryl methyl sites for hydroxylation is 1. The van der Waals surface area contributed by atoms with E-state index in [0.717, 1.165) is 17.0 Å². The zero-order valence-corrected chi connectivity index (χ0v) is 15.8. The van der Waals surface area contributed by atoms with Gasteiger partial charge in [-0.2, -0.15) is 5.10 Å². The first-order chi connectivity index (χ1) is 13.7. The summed E-state index contributed by atoms with van der Waals surface area (Å²) in [5, 5.41) is 7.61. The van der Waals surface area contributed by atoms with Crippen molar-refractivity contribution >= 4 is 5.91 Å². The second kappa shape index (κ2) is 7.90. The summed E-state index contributed by atoms with van der Waals surface area (Å²) in [6.45, 7) is 1.58. The molecular formula is C21H23N5O2. The fourth-order valence-corrected chi connectivity index (χ4v) is 3.69. The molecular weight excluding hydrogens is 354 g/mol. The number of hydrogen-bond acceptors (Lipinski definition) is 5. The van der Waals surface area contributed by atoms with E-state index in [1.165, 1.54) is 0 Å². The number of rotatable bonds is 5. The fourth-order valence-electron chi connectivity index (χ4n) is 3.69. The number of carbonyl (C=O) groups excluding carboxylic acids is 1. The van der Waals surface area contributed by atoms with Gasteiger partial charge in [-0.1, -0.05) is 30.3 Å². The van der Waals surface area contributed by atoms with Gasteiger partial charge in [0, 0.05) is 32.7 Å². The smallest absolute Gasteiger partial charge is 0.231 e. The van der Waals surface area contributed by atoms with Gasteiger partial charge >= 0.3 is 0 Å². The van der Waals surface area contributed by atoms with E-state index in [9.17, 15) is 4.79 Å². The monoisotopic (exact) mass is 377 g/mol. The molecule has 0 atom stereocenters. The van der Waals surface area contributed by atoms with Crippen LogP contribution in [-0.4, -0.2) is 38.9 Å². The van der Waals surface area contributed by atoms with Crippen molar-refractivity contribution in [1.82, 2.24) is 25.1 Å². The lowest BCUT2D eigenvalue weighted by atomic mass is 9.73. The van der Waals surface area contributed by atoms with Crippen LogP contribution in [0.25, 0.3) is 11.4 Å². The van der Waals surface area contributed by atoms with Gasteiger partial charge in [0.15, 0.2) is 0 Å². The van der Waals surface area contributed by atoms with E-state index < -0.39 is 5.41 Å². The zero-order valence-electron chi connectivity index (χ0n) is 15.8. The topological polar surface area (TPSA) is 81.9 Å². The molecule has 0 unspecified atom stereocenters. The van der Waals surface area contributed by atoms with Gasteiger partial charge in [0.1, 0.15) is 11.4 Å². The molecule has 1 fully saturated rings. The Kier molecular flexibility index (Phi) is 5.16. The predicted molar refractivity (Wildman–Crippen MR) is 104 cm³/mol. The van der Waals surface area contributed by atoms with Crippen molar-refractivity contribution in [1.29, 1.82) is 0 Å². The van der Waals surface area contributed by atoms with Gasteiger partial charge in [-0.05, 0) is 24.5 Å². The van der Waals surface area contributed by atoms with Crippen LogP contribution in [0.15, 0.2) is 55.0 Å². The standard InChI is InChI=1S/C21H23N5O2/c1-26-17(13-18(25-26)19-15-22-9-10-23-19)14-24-20(27)21(7-11-28-12-8-21)16-5-3-2-4-6-16/h2-6,9-10,13,15H,7-8,11-12,14H2,1H3,(H,24,27). The van der Waals surface area contributed by atoms with E-state index in [2.05, 4.69) is 20.4 Å². The van der Waals surface area contributed by atoms with Gasteiger partial charge in [-0.25, -0.2) is 0 Å². The number of ether oxygens (including phenoxy) is 1. The minimum atomic E-state index is -0.550. The molecule has 1 aliphatic rings. The Morgan fingerprint density at radius 2 is 1.96 bits per heavy atom. The van der Waals surface area contributed by atoms with Crippen LogP contribution in [0.4, 0.5) is 0 Å². The molecule has 1 amide bonds. The number of benzene rings is 1. The van der Waals surface area contributed by atoms with E-state index in [-0.39, 0.29) is 5.91 Å². The average Bonchev–Trinajstić information content (AvgIpc) is 3.14. The van der Waals surface area contributed by atoms with E-state index in [4.69, 9.17) is 4.74 Å². The SMILES string of the molecule is Cn1nc(-c2cnccn2)cc1CNC(=O)C1(c2ccccc2)CCOCC1. The van der Waals surface area contributed by atoms with Gasteiger partial charge in [-0.3, -0.25) is 19.4 Å². The molecule has 0 radical (unpaired) electrons. The molecule has 4 rings (SSSR count). The number of carbonyl (C=O) groups is 1. The van der Waals surface area contributed by atoms with E-state index in [1.807, 2.05) is 43.4 Å². The number of nitrogens with zero attached hydrogens (tertiary/aromatic N) is 4. The van der Waals surface area contributed by atoms with Gasteiger partial charge in [0.2, 0.25) is 5.91 Å². The van der Waals surface area contributed by atoms with Gasteiger partial charge in [0.05, 0.1) is 23.9 Å². The summed E-state index contributed by atoms with van der Waals surface area (Å²) in [5.74, 6) is 0.0317. The normalized spacial score (nSPS) is 15.9. The molecule has 0 bridgehead atoms. The van der Waals surface area contributed by atoms with Crippen LogP contribution in [0.2, 0.25) is 0 Å². The molecule has 3 aromatic rings.